The molecule has 26 heavy (non-hydrogen) atoms. The Morgan fingerprint density at radius 1 is 0.654 bits per heavy atom. The molecule has 0 spiro atoms. The summed E-state index contributed by atoms with van der Waals surface area (Å²) in [6, 6.07) is 0. The number of carboxylic acid groups (broad SMARTS) is 1. The monoisotopic (exact) mass is 404 g/mol. The van der Waals surface area contributed by atoms with Crippen LogP contribution in [0.25, 0.3) is 0 Å². The molecule has 0 bridgehead atoms. The Balaban J connectivity index is 3.92. The van der Waals surface area contributed by atoms with Crippen LogP contribution in [-0.2, 0) is 4.79 Å². The zero-order chi connectivity index (χ0) is 19.5. The smallest absolute Gasteiger partial charge is 0.330 e. The van der Waals surface area contributed by atoms with E-state index in [2.05, 4.69) is 13.8 Å². The highest BCUT2D eigenvalue weighted by molar-refractivity contribution is 8.19. The van der Waals surface area contributed by atoms with E-state index in [1.807, 2.05) is 6.92 Å². The van der Waals surface area contributed by atoms with Crippen molar-refractivity contribution < 1.29 is 9.90 Å². The minimum atomic E-state index is -0.624. The first-order valence-electron chi connectivity index (χ1n) is 11.1. The van der Waals surface area contributed by atoms with Crippen molar-refractivity contribution in [2.45, 2.75) is 121 Å². The molecule has 0 aromatic carbocycles. The van der Waals surface area contributed by atoms with Crippen LogP contribution in [0.4, 0.5) is 0 Å². The highest BCUT2D eigenvalue weighted by Gasteiger charge is 2.37. The van der Waals surface area contributed by atoms with Crippen molar-refractivity contribution in [1.29, 1.82) is 0 Å². The van der Waals surface area contributed by atoms with Gasteiger partial charge in [-0.05, 0) is 30.8 Å². The maximum Gasteiger partial charge on any atom is 0.330 e. The molecule has 0 aromatic rings. The van der Waals surface area contributed by atoms with E-state index in [9.17, 15) is 9.90 Å². The lowest BCUT2D eigenvalue weighted by Crippen LogP contribution is -2.31. The van der Waals surface area contributed by atoms with E-state index in [4.69, 9.17) is 0 Å². The van der Waals surface area contributed by atoms with Crippen LogP contribution in [0, 0.1) is 0 Å². The SMILES string of the molecule is CCCCCCCCCSC(CC)(SCCCCCCCCC)C(=O)O. The zero-order valence-electron chi connectivity index (χ0n) is 17.7. The fourth-order valence-corrected chi connectivity index (χ4v) is 5.96. The van der Waals surface area contributed by atoms with Gasteiger partial charge in [0.15, 0.2) is 4.08 Å². The molecule has 0 aliphatic heterocycles. The molecule has 0 rings (SSSR count). The van der Waals surface area contributed by atoms with Gasteiger partial charge in [-0.25, -0.2) is 4.79 Å². The lowest BCUT2D eigenvalue weighted by Gasteiger charge is -2.27. The molecule has 2 nitrogen and oxygen atoms in total. The van der Waals surface area contributed by atoms with Crippen molar-refractivity contribution in [2.75, 3.05) is 11.5 Å². The molecule has 0 unspecified atom stereocenters. The molecule has 0 saturated carbocycles. The van der Waals surface area contributed by atoms with Crippen molar-refractivity contribution in [2.24, 2.45) is 0 Å². The highest BCUT2D eigenvalue weighted by atomic mass is 32.2. The second-order valence-corrected chi connectivity index (χ2v) is 10.4. The van der Waals surface area contributed by atoms with Gasteiger partial charge in [-0.15, -0.1) is 23.5 Å². The molecule has 4 heteroatoms. The first-order valence-corrected chi connectivity index (χ1v) is 13.1. The molecular weight excluding hydrogens is 360 g/mol. The summed E-state index contributed by atoms with van der Waals surface area (Å²) in [4.78, 5) is 11.9. The third-order valence-corrected chi connectivity index (χ3v) is 8.51. The largest absolute Gasteiger partial charge is 0.480 e. The van der Waals surface area contributed by atoms with Crippen molar-refractivity contribution in [3.05, 3.63) is 0 Å². The number of thioether (sulfide) groups is 2. The number of unbranched alkanes of at least 4 members (excludes halogenated alkanes) is 12. The van der Waals surface area contributed by atoms with Gasteiger partial charge in [0.2, 0.25) is 0 Å². The van der Waals surface area contributed by atoms with Crippen LogP contribution < -0.4 is 0 Å². The van der Waals surface area contributed by atoms with Crippen LogP contribution in [0.2, 0.25) is 0 Å². The normalized spacial score (nSPS) is 11.8. The second kappa shape index (κ2) is 18.5. The van der Waals surface area contributed by atoms with Crippen LogP contribution in [0.3, 0.4) is 0 Å². The summed E-state index contributed by atoms with van der Waals surface area (Å²) in [5.74, 6) is 1.34. The number of rotatable bonds is 20. The Bertz CT molecular complexity index is 301. The summed E-state index contributed by atoms with van der Waals surface area (Å²) in [6.07, 6.45) is 18.8. The maximum absolute atomic E-state index is 11.9. The van der Waals surface area contributed by atoms with E-state index >= 15 is 0 Å². The van der Waals surface area contributed by atoms with Crippen molar-refractivity contribution in [3.8, 4) is 0 Å². The van der Waals surface area contributed by atoms with E-state index in [1.165, 1.54) is 77.0 Å². The van der Waals surface area contributed by atoms with Crippen LogP contribution >= 0.6 is 23.5 Å². The average Bonchev–Trinajstić information content (AvgIpc) is 2.64. The molecule has 0 saturated heterocycles. The van der Waals surface area contributed by atoms with E-state index < -0.39 is 10.0 Å². The van der Waals surface area contributed by atoms with Gasteiger partial charge < -0.3 is 5.11 Å². The van der Waals surface area contributed by atoms with E-state index in [0.29, 0.717) is 6.42 Å². The van der Waals surface area contributed by atoms with Gasteiger partial charge in [-0.1, -0.05) is 97.8 Å². The van der Waals surface area contributed by atoms with Gasteiger partial charge in [0.1, 0.15) is 0 Å². The van der Waals surface area contributed by atoms with Crippen molar-refractivity contribution in [1.82, 2.24) is 0 Å². The molecule has 0 radical (unpaired) electrons. The van der Waals surface area contributed by atoms with Gasteiger partial charge in [0, 0.05) is 0 Å². The lowest BCUT2D eigenvalue weighted by atomic mass is 10.1. The topological polar surface area (TPSA) is 37.3 Å². The summed E-state index contributed by atoms with van der Waals surface area (Å²) >= 11 is 3.37. The van der Waals surface area contributed by atoms with Gasteiger partial charge in [0.05, 0.1) is 0 Å². The number of carbonyl (C=O) groups is 1. The molecule has 0 atom stereocenters. The predicted octanol–water partition coefficient (Wildman–Crippen LogP) is 8.14. The molecule has 0 fully saturated rings. The fraction of sp³-hybridized carbons (Fsp3) is 0.955. The predicted molar refractivity (Wildman–Crippen MR) is 122 cm³/mol. The minimum absolute atomic E-state index is 0.621. The van der Waals surface area contributed by atoms with Gasteiger partial charge in [-0.2, -0.15) is 0 Å². The van der Waals surface area contributed by atoms with Crippen LogP contribution in [-0.4, -0.2) is 26.7 Å². The quantitative estimate of drug-likeness (QED) is 0.164. The Morgan fingerprint density at radius 2 is 1.00 bits per heavy atom. The number of aliphatic carboxylic acids is 1. The van der Waals surface area contributed by atoms with Gasteiger partial charge in [-0.3, -0.25) is 0 Å². The van der Waals surface area contributed by atoms with E-state index in [1.54, 1.807) is 23.5 Å². The van der Waals surface area contributed by atoms with Gasteiger partial charge in [0.25, 0.3) is 0 Å². The molecule has 0 heterocycles. The molecular formula is C22H44O2S2. The van der Waals surface area contributed by atoms with Crippen molar-refractivity contribution in [3.63, 3.8) is 0 Å². The Hall–Kier alpha value is 0.170. The fourth-order valence-electron chi connectivity index (χ4n) is 3.11. The number of carboxylic acids is 1. The van der Waals surface area contributed by atoms with E-state index in [0.717, 1.165) is 24.3 Å². The third kappa shape index (κ3) is 13.4. The highest BCUT2D eigenvalue weighted by Crippen LogP contribution is 2.41. The van der Waals surface area contributed by atoms with Crippen LogP contribution in [0.5, 0.6) is 0 Å². The molecule has 1 N–H and O–H groups in total. The van der Waals surface area contributed by atoms with Crippen LogP contribution in [0.1, 0.15) is 117 Å². The molecule has 0 aliphatic carbocycles. The Labute approximate surface area is 172 Å². The molecule has 0 amide bonds. The molecule has 0 aliphatic rings. The second-order valence-electron chi connectivity index (χ2n) is 7.35. The van der Waals surface area contributed by atoms with Crippen LogP contribution in [0.15, 0.2) is 0 Å². The van der Waals surface area contributed by atoms with Crippen molar-refractivity contribution >= 4 is 29.5 Å². The lowest BCUT2D eigenvalue weighted by molar-refractivity contribution is -0.137. The minimum Gasteiger partial charge on any atom is -0.480 e. The summed E-state index contributed by atoms with van der Waals surface area (Å²) < 4.78 is -0.621. The Kier molecular flexibility index (Phi) is 18.7. The van der Waals surface area contributed by atoms with Gasteiger partial charge >= 0.3 is 5.97 Å². The standard InChI is InChI=1S/C22H44O2S2/c1-4-7-9-11-13-15-17-19-25-22(6-3,21(23)24)26-20-18-16-14-12-10-8-5-2/h4-20H2,1-3H3,(H,23,24). The number of hydrogen-bond donors (Lipinski definition) is 1. The first-order chi connectivity index (χ1) is 12.6. The summed E-state index contributed by atoms with van der Waals surface area (Å²) in [5, 5.41) is 9.78. The van der Waals surface area contributed by atoms with E-state index in [-0.39, 0.29) is 0 Å². The summed E-state index contributed by atoms with van der Waals surface area (Å²) in [5.41, 5.74) is 0. The first kappa shape index (κ1) is 26.2. The third-order valence-electron chi connectivity index (χ3n) is 4.96. The zero-order valence-corrected chi connectivity index (χ0v) is 19.3. The number of hydrogen-bond acceptors (Lipinski definition) is 3. The maximum atomic E-state index is 11.9. The summed E-state index contributed by atoms with van der Waals surface area (Å²) in [7, 11) is 0. The molecule has 0 aromatic heterocycles. The molecule has 156 valence electrons. The average molecular weight is 405 g/mol. The Morgan fingerprint density at radius 3 is 1.31 bits per heavy atom. The summed E-state index contributed by atoms with van der Waals surface area (Å²) in [6.45, 7) is 6.53.